The normalized spacial score (nSPS) is 12.6. The third kappa shape index (κ3) is 3.92. The third-order valence-corrected chi connectivity index (χ3v) is 4.30. The smallest absolute Gasteiger partial charge is 0.0371 e. The first kappa shape index (κ1) is 14.3. The maximum atomic E-state index is 3.69. The Morgan fingerprint density at radius 2 is 2.05 bits per heavy atom. The zero-order valence-electron chi connectivity index (χ0n) is 12.1. The van der Waals surface area contributed by atoms with Crippen LogP contribution in [0.4, 0.5) is 0 Å². The summed E-state index contributed by atoms with van der Waals surface area (Å²) in [6, 6.07) is 11.5. The van der Waals surface area contributed by atoms with E-state index < -0.39 is 0 Å². The monoisotopic (exact) mass is 273 g/mol. The predicted octanol–water partition coefficient (Wildman–Crippen LogP) is 4.65. The van der Waals surface area contributed by atoms with Crippen LogP contribution in [-0.4, -0.2) is 6.54 Å². The Morgan fingerprint density at radius 3 is 2.68 bits per heavy atom. The van der Waals surface area contributed by atoms with Gasteiger partial charge in [-0.1, -0.05) is 36.8 Å². The summed E-state index contributed by atoms with van der Waals surface area (Å²) in [5, 5.41) is 5.88. The van der Waals surface area contributed by atoms with Crippen LogP contribution in [0.5, 0.6) is 0 Å². The minimum Gasteiger partial charge on any atom is -0.310 e. The van der Waals surface area contributed by atoms with Gasteiger partial charge in [0.2, 0.25) is 0 Å². The Hall–Kier alpha value is -1.12. The number of hydrogen-bond acceptors (Lipinski definition) is 2. The molecule has 1 N–H and O–H groups in total. The summed E-state index contributed by atoms with van der Waals surface area (Å²) in [5.41, 5.74) is 4.22. The van der Waals surface area contributed by atoms with Crippen molar-refractivity contribution < 1.29 is 0 Å². The molecule has 2 heteroatoms. The average Bonchev–Trinajstić information content (AvgIpc) is 2.81. The van der Waals surface area contributed by atoms with Crippen LogP contribution in [0.15, 0.2) is 35.7 Å². The molecular formula is C17H23NS. The van der Waals surface area contributed by atoms with Crippen LogP contribution >= 0.6 is 11.3 Å². The fourth-order valence-corrected chi connectivity index (χ4v) is 3.21. The highest BCUT2D eigenvalue weighted by atomic mass is 32.1. The van der Waals surface area contributed by atoms with Crippen molar-refractivity contribution in [3.8, 4) is 0 Å². The maximum absolute atomic E-state index is 3.69. The molecule has 102 valence electrons. The van der Waals surface area contributed by atoms with Crippen LogP contribution in [0.1, 0.15) is 41.0 Å². The summed E-state index contributed by atoms with van der Waals surface area (Å²) in [5.74, 6) is 0. The van der Waals surface area contributed by atoms with E-state index in [2.05, 4.69) is 61.8 Å². The lowest BCUT2D eigenvalue weighted by Crippen LogP contribution is -2.24. The van der Waals surface area contributed by atoms with Gasteiger partial charge < -0.3 is 5.32 Å². The molecule has 0 spiro atoms. The van der Waals surface area contributed by atoms with Crippen LogP contribution in [0.25, 0.3) is 0 Å². The van der Waals surface area contributed by atoms with E-state index in [-0.39, 0.29) is 0 Å². The van der Waals surface area contributed by atoms with Gasteiger partial charge in [0.05, 0.1) is 0 Å². The molecule has 0 saturated carbocycles. The standard InChI is InChI=1S/C17H23NS/c1-4-9-18-17(16-8-10-19-14(16)3)12-15-7-5-6-13(2)11-15/h5-8,10-11,17-18H,4,9,12H2,1-3H3. The third-order valence-electron chi connectivity index (χ3n) is 3.44. The lowest BCUT2D eigenvalue weighted by Gasteiger charge is -2.19. The summed E-state index contributed by atoms with van der Waals surface area (Å²) in [4.78, 5) is 1.43. The molecule has 2 aromatic rings. The van der Waals surface area contributed by atoms with E-state index in [9.17, 15) is 0 Å². The summed E-state index contributed by atoms with van der Waals surface area (Å²) in [6.45, 7) is 7.67. The highest BCUT2D eigenvalue weighted by Crippen LogP contribution is 2.25. The van der Waals surface area contributed by atoms with Gasteiger partial charge in [0, 0.05) is 10.9 Å². The maximum Gasteiger partial charge on any atom is 0.0371 e. The second kappa shape index (κ2) is 6.88. The molecule has 0 aliphatic heterocycles. The summed E-state index contributed by atoms with van der Waals surface area (Å²) < 4.78 is 0. The van der Waals surface area contributed by atoms with Gasteiger partial charge in [0.25, 0.3) is 0 Å². The van der Waals surface area contributed by atoms with Crippen LogP contribution in [0.2, 0.25) is 0 Å². The first-order chi connectivity index (χ1) is 9.20. The number of aryl methyl sites for hydroxylation is 2. The zero-order valence-corrected chi connectivity index (χ0v) is 12.9. The predicted molar refractivity (Wildman–Crippen MR) is 85.0 cm³/mol. The topological polar surface area (TPSA) is 12.0 Å². The molecule has 1 heterocycles. The van der Waals surface area contributed by atoms with Gasteiger partial charge in [-0.3, -0.25) is 0 Å². The minimum absolute atomic E-state index is 0.438. The van der Waals surface area contributed by atoms with Crippen molar-refractivity contribution in [2.24, 2.45) is 0 Å². The quantitative estimate of drug-likeness (QED) is 0.808. The Balaban J connectivity index is 2.16. The lowest BCUT2D eigenvalue weighted by molar-refractivity contribution is 0.529. The summed E-state index contributed by atoms with van der Waals surface area (Å²) in [6.07, 6.45) is 2.24. The summed E-state index contributed by atoms with van der Waals surface area (Å²) >= 11 is 1.84. The first-order valence-corrected chi connectivity index (χ1v) is 7.91. The molecule has 2 rings (SSSR count). The second-order valence-corrected chi connectivity index (χ2v) is 6.25. The Bertz CT molecular complexity index is 515. The van der Waals surface area contributed by atoms with Crippen molar-refractivity contribution in [3.63, 3.8) is 0 Å². The molecule has 0 aliphatic carbocycles. The van der Waals surface area contributed by atoms with Crippen LogP contribution in [0.3, 0.4) is 0 Å². The second-order valence-electron chi connectivity index (χ2n) is 5.13. The number of thiophene rings is 1. The van der Waals surface area contributed by atoms with E-state index in [1.165, 1.54) is 28.0 Å². The number of benzene rings is 1. The van der Waals surface area contributed by atoms with Crippen molar-refractivity contribution in [2.45, 2.75) is 39.7 Å². The minimum atomic E-state index is 0.438. The van der Waals surface area contributed by atoms with Crippen molar-refractivity contribution in [1.29, 1.82) is 0 Å². The Kier molecular flexibility index (Phi) is 5.17. The van der Waals surface area contributed by atoms with E-state index in [0.717, 1.165) is 13.0 Å². The molecule has 1 aromatic heterocycles. The van der Waals surface area contributed by atoms with E-state index in [1.807, 2.05) is 11.3 Å². The van der Waals surface area contributed by atoms with Crippen LogP contribution < -0.4 is 5.32 Å². The molecule has 19 heavy (non-hydrogen) atoms. The Morgan fingerprint density at radius 1 is 1.21 bits per heavy atom. The number of rotatable bonds is 6. The van der Waals surface area contributed by atoms with Gasteiger partial charge in [0.1, 0.15) is 0 Å². The highest BCUT2D eigenvalue weighted by molar-refractivity contribution is 7.10. The molecule has 1 aromatic carbocycles. The molecule has 0 bridgehead atoms. The van der Waals surface area contributed by atoms with Crippen molar-refractivity contribution in [1.82, 2.24) is 5.32 Å². The lowest BCUT2D eigenvalue weighted by atomic mass is 9.98. The van der Waals surface area contributed by atoms with Crippen molar-refractivity contribution in [3.05, 3.63) is 57.3 Å². The molecule has 0 aliphatic rings. The summed E-state index contributed by atoms with van der Waals surface area (Å²) in [7, 11) is 0. The van der Waals surface area contributed by atoms with Gasteiger partial charge in [-0.05, 0) is 55.8 Å². The number of nitrogens with one attached hydrogen (secondary N) is 1. The van der Waals surface area contributed by atoms with E-state index in [0.29, 0.717) is 6.04 Å². The van der Waals surface area contributed by atoms with Gasteiger partial charge >= 0.3 is 0 Å². The SMILES string of the molecule is CCCNC(Cc1cccc(C)c1)c1ccsc1C. The van der Waals surface area contributed by atoms with Gasteiger partial charge in [-0.15, -0.1) is 11.3 Å². The highest BCUT2D eigenvalue weighted by Gasteiger charge is 2.14. The molecule has 0 amide bonds. The van der Waals surface area contributed by atoms with E-state index in [4.69, 9.17) is 0 Å². The van der Waals surface area contributed by atoms with Crippen molar-refractivity contribution in [2.75, 3.05) is 6.54 Å². The van der Waals surface area contributed by atoms with Crippen molar-refractivity contribution >= 4 is 11.3 Å². The fourth-order valence-electron chi connectivity index (χ4n) is 2.44. The molecule has 1 unspecified atom stereocenters. The molecule has 0 radical (unpaired) electrons. The number of hydrogen-bond donors (Lipinski definition) is 1. The Labute approximate surface area is 120 Å². The molecular weight excluding hydrogens is 250 g/mol. The largest absolute Gasteiger partial charge is 0.310 e. The van der Waals surface area contributed by atoms with Crippen LogP contribution in [0, 0.1) is 13.8 Å². The zero-order chi connectivity index (χ0) is 13.7. The molecule has 1 atom stereocenters. The van der Waals surface area contributed by atoms with E-state index >= 15 is 0 Å². The van der Waals surface area contributed by atoms with Gasteiger partial charge in [-0.2, -0.15) is 0 Å². The van der Waals surface area contributed by atoms with E-state index in [1.54, 1.807) is 0 Å². The molecule has 0 saturated heterocycles. The first-order valence-electron chi connectivity index (χ1n) is 7.03. The van der Waals surface area contributed by atoms with Crippen LogP contribution in [-0.2, 0) is 6.42 Å². The fraction of sp³-hybridized carbons (Fsp3) is 0.412. The van der Waals surface area contributed by atoms with Gasteiger partial charge in [0.15, 0.2) is 0 Å². The molecule has 1 nitrogen and oxygen atoms in total. The molecule has 0 fully saturated rings. The average molecular weight is 273 g/mol. The van der Waals surface area contributed by atoms with Gasteiger partial charge in [-0.25, -0.2) is 0 Å².